The average Bonchev–Trinajstić information content (AvgIpc) is 2.87. The van der Waals surface area contributed by atoms with Crippen molar-refractivity contribution >= 4 is 33.9 Å². The van der Waals surface area contributed by atoms with E-state index in [9.17, 15) is 4.79 Å². The number of halogens is 1. The van der Waals surface area contributed by atoms with Crippen molar-refractivity contribution in [3.05, 3.63) is 11.1 Å². The molecule has 6 heteroatoms. The van der Waals surface area contributed by atoms with E-state index in [1.54, 1.807) is 5.38 Å². The van der Waals surface area contributed by atoms with Gasteiger partial charge in [-0.2, -0.15) is 0 Å². The predicted molar refractivity (Wildman–Crippen MR) is 76.1 cm³/mol. The number of rotatable bonds is 4. The monoisotopic (exact) mass is 287 g/mol. The minimum Gasteiger partial charge on any atom is -0.345 e. The lowest BCUT2D eigenvalue weighted by molar-refractivity contribution is 0.101. The van der Waals surface area contributed by atoms with Gasteiger partial charge in [-0.1, -0.05) is 6.92 Å². The van der Waals surface area contributed by atoms with E-state index in [1.165, 1.54) is 11.3 Å². The van der Waals surface area contributed by atoms with Crippen LogP contribution >= 0.6 is 22.9 Å². The first-order valence-electron chi connectivity index (χ1n) is 6.19. The van der Waals surface area contributed by atoms with Gasteiger partial charge in [0.05, 0.1) is 5.88 Å². The fraction of sp³-hybridized carbons (Fsp3) is 0.667. The Morgan fingerprint density at radius 1 is 1.61 bits per heavy atom. The van der Waals surface area contributed by atoms with Crippen molar-refractivity contribution in [3.8, 4) is 0 Å². The van der Waals surface area contributed by atoms with E-state index < -0.39 is 0 Å². The normalized spacial score (nSPS) is 21.3. The molecule has 1 fully saturated rings. The van der Waals surface area contributed by atoms with Crippen molar-refractivity contribution in [3.63, 3.8) is 0 Å². The zero-order valence-electron chi connectivity index (χ0n) is 10.7. The van der Waals surface area contributed by atoms with Gasteiger partial charge in [0, 0.05) is 31.1 Å². The van der Waals surface area contributed by atoms with Gasteiger partial charge in [0.15, 0.2) is 10.9 Å². The van der Waals surface area contributed by atoms with Gasteiger partial charge in [-0.3, -0.25) is 9.69 Å². The molecule has 1 unspecified atom stereocenters. The Balaban J connectivity index is 2.04. The highest BCUT2D eigenvalue weighted by molar-refractivity contribution is 7.14. The summed E-state index contributed by atoms with van der Waals surface area (Å²) in [6, 6.07) is 0.528. The molecule has 0 aliphatic carbocycles. The van der Waals surface area contributed by atoms with Crippen molar-refractivity contribution in [2.45, 2.75) is 19.9 Å². The minimum atomic E-state index is -0.0978. The molecule has 0 amide bonds. The molecule has 1 aliphatic rings. The summed E-state index contributed by atoms with van der Waals surface area (Å²) in [7, 11) is 0. The molecule has 2 rings (SSSR count). The van der Waals surface area contributed by atoms with Crippen LogP contribution in [0.1, 0.15) is 24.3 Å². The molecule has 0 aromatic carbocycles. The van der Waals surface area contributed by atoms with Crippen LogP contribution in [0.15, 0.2) is 5.38 Å². The number of aromatic nitrogens is 1. The van der Waals surface area contributed by atoms with Crippen molar-refractivity contribution in [2.75, 3.05) is 37.0 Å². The molecule has 1 aromatic heterocycles. The van der Waals surface area contributed by atoms with Gasteiger partial charge < -0.3 is 4.90 Å². The number of carbonyl (C=O) groups is 1. The van der Waals surface area contributed by atoms with Gasteiger partial charge in [0.2, 0.25) is 0 Å². The third-order valence-electron chi connectivity index (χ3n) is 3.34. The molecule has 100 valence electrons. The number of likely N-dealkylation sites (N-methyl/N-ethyl adjacent to an activating group) is 1. The summed E-state index contributed by atoms with van der Waals surface area (Å²) in [5.74, 6) is -0.0946. The van der Waals surface area contributed by atoms with Crippen LogP contribution in [0.3, 0.4) is 0 Å². The highest BCUT2D eigenvalue weighted by Gasteiger charge is 2.24. The number of Topliss-reactive ketones (excluding diaryl/α,β-unsaturated/α-hetero) is 1. The maximum absolute atomic E-state index is 11.5. The number of thiazole rings is 1. The smallest absolute Gasteiger partial charge is 0.196 e. The molecule has 0 bridgehead atoms. The van der Waals surface area contributed by atoms with Crippen LogP contribution in [0.25, 0.3) is 0 Å². The number of nitrogens with zero attached hydrogens (tertiary/aromatic N) is 3. The Morgan fingerprint density at radius 2 is 2.39 bits per heavy atom. The Kier molecular flexibility index (Phi) is 4.59. The summed E-state index contributed by atoms with van der Waals surface area (Å²) >= 11 is 7.06. The van der Waals surface area contributed by atoms with Gasteiger partial charge in [-0.15, -0.1) is 22.9 Å². The Bertz CT molecular complexity index is 423. The predicted octanol–water partition coefficient (Wildman–Crippen LogP) is 2.09. The summed E-state index contributed by atoms with van der Waals surface area (Å²) in [5.41, 5.74) is 0.496. The number of carbonyl (C=O) groups excluding carboxylic acids is 1. The average molecular weight is 288 g/mol. The van der Waals surface area contributed by atoms with Crippen LogP contribution in [-0.4, -0.2) is 53.8 Å². The van der Waals surface area contributed by atoms with E-state index in [1.807, 2.05) is 0 Å². The van der Waals surface area contributed by atoms with Crippen molar-refractivity contribution < 1.29 is 4.79 Å². The van der Waals surface area contributed by atoms with Crippen LogP contribution in [0.4, 0.5) is 5.13 Å². The molecule has 1 saturated heterocycles. The van der Waals surface area contributed by atoms with Crippen LogP contribution in [0, 0.1) is 0 Å². The lowest BCUT2D eigenvalue weighted by Gasteiger charge is -2.39. The maximum atomic E-state index is 11.5. The van der Waals surface area contributed by atoms with Gasteiger partial charge in [0.1, 0.15) is 5.69 Å². The van der Waals surface area contributed by atoms with Crippen molar-refractivity contribution in [1.29, 1.82) is 0 Å². The van der Waals surface area contributed by atoms with E-state index in [-0.39, 0.29) is 11.7 Å². The third kappa shape index (κ3) is 2.84. The molecule has 0 radical (unpaired) electrons. The first kappa shape index (κ1) is 13.8. The van der Waals surface area contributed by atoms with Crippen molar-refractivity contribution in [1.82, 2.24) is 9.88 Å². The fourth-order valence-corrected chi connectivity index (χ4v) is 3.25. The molecule has 18 heavy (non-hydrogen) atoms. The highest BCUT2D eigenvalue weighted by atomic mass is 35.5. The maximum Gasteiger partial charge on any atom is 0.196 e. The van der Waals surface area contributed by atoms with E-state index in [2.05, 4.69) is 28.6 Å². The minimum absolute atomic E-state index is 0.00316. The van der Waals surface area contributed by atoms with Crippen molar-refractivity contribution in [2.24, 2.45) is 0 Å². The first-order chi connectivity index (χ1) is 8.65. The lowest BCUT2D eigenvalue weighted by Crippen LogP contribution is -2.51. The fourth-order valence-electron chi connectivity index (χ4n) is 2.24. The SMILES string of the molecule is CCN1CCN(c2nc(C(=O)CCl)cs2)CC1C. The van der Waals surface area contributed by atoms with Gasteiger partial charge in [0.25, 0.3) is 0 Å². The van der Waals surface area contributed by atoms with E-state index >= 15 is 0 Å². The highest BCUT2D eigenvalue weighted by Crippen LogP contribution is 2.23. The van der Waals surface area contributed by atoms with Gasteiger partial charge in [-0.05, 0) is 13.5 Å². The molecule has 1 aliphatic heterocycles. The van der Waals surface area contributed by atoms with E-state index in [0.717, 1.165) is 31.3 Å². The largest absolute Gasteiger partial charge is 0.345 e. The molecule has 1 atom stereocenters. The number of hydrogen-bond donors (Lipinski definition) is 0. The molecule has 0 saturated carbocycles. The number of anilines is 1. The van der Waals surface area contributed by atoms with Crippen LogP contribution < -0.4 is 4.90 Å². The molecular formula is C12H18ClN3OS. The molecule has 0 spiro atoms. The zero-order chi connectivity index (χ0) is 13.1. The molecular weight excluding hydrogens is 270 g/mol. The number of alkyl halides is 1. The molecule has 1 aromatic rings. The molecule has 4 nitrogen and oxygen atoms in total. The lowest BCUT2D eigenvalue weighted by atomic mass is 10.2. The van der Waals surface area contributed by atoms with Crippen LogP contribution in [-0.2, 0) is 0 Å². The Labute approximate surface area is 117 Å². The van der Waals surface area contributed by atoms with Crippen LogP contribution in [0.5, 0.6) is 0 Å². The first-order valence-corrected chi connectivity index (χ1v) is 7.60. The second kappa shape index (κ2) is 5.99. The number of ketones is 1. The number of hydrogen-bond acceptors (Lipinski definition) is 5. The second-order valence-electron chi connectivity index (χ2n) is 4.50. The van der Waals surface area contributed by atoms with Gasteiger partial charge >= 0.3 is 0 Å². The third-order valence-corrected chi connectivity index (χ3v) is 4.49. The standard InChI is InChI=1S/C12H18ClN3OS/c1-3-15-4-5-16(7-9(15)2)12-14-10(8-18-12)11(17)6-13/h8-9H,3-7H2,1-2H3. The number of piperazine rings is 1. The second-order valence-corrected chi connectivity index (χ2v) is 5.60. The zero-order valence-corrected chi connectivity index (χ0v) is 12.3. The van der Waals surface area contributed by atoms with Gasteiger partial charge in [-0.25, -0.2) is 4.98 Å². The van der Waals surface area contributed by atoms with E-state index in [4.69, 9.17) is 11.6 Å². The van der Waals surface area contributed by atoms with Crippen LogP contribution in [0.2, 0.25) is 0 Å². The summed E-state index contributed by atoms with van der Waals surface area (Å²) in [6.45, 7) is 8.50. The molecule has 2 heterocycles. The Hall–Kier alpha value is -0.650. The summed E-state index contributed by atoms with van der Waals surface area (Å²) in [4.78, 5) is 20.5. The summed E-state index contributed by atoms with van der Waals surface area (Å²) in [5, 5.41) is 2.74. The molecule has 0 N–H and O–H groups in total. The quantitative estimate of drug-likeness (QED) is 0.628. The summed E-state index contributed by atoms with van der Waals surface area (Å²) in [6.07, 6.45) is 0. The Morgan fingerprint density at radius 3 is 3.00 bits per heavy atom. The topological polar surface area (TPSA) is 36.4 Å². The summed E-state index contributed by atoms with van der Waals surface area (Å²) < 4.78 is 0. The van der Waals surface area contributed by atoms with E-state index in [0.29, 0.717) is 11.7 Å².